The van der Waals surface area contributed by atoms with Crippen molar-refractivity contribution < 1.29 is 49.0 Å². The monoisotopic (exact) mass is 427 g/mol. The number of isocyanates is 1. The van der Waals surface area contributed by atoms with Crippen LogP contribution >= 0.6 is 0 Å². The molecule has 0 radical (unpaired) electrons. The first-order valence-electron chi connectivity index (χ1n) is 6.91. The molecule has 2 rings (SSSR count). The van der Waals surface area contributed by atoms with Crippen LogP contribution in [0.5, 0.6) is 11.5 Å². The minimum absolute atomic E-state index is 0.284. The smallest absolute Gasteiger partial charge is 0.406 e. The number of hydrogen-bond donors (Lipinski definition) is 0. The lowest BCUT2D eigenvalue weighted by Crippen LogP contribution is -2.19. The van der Waals surface area contributed by atoms with Gasteiger partial charge in [0.1, 0.15) is 10.6 Å². The number of sulfonamides is 1. The zero-order valence-electron chi connectivity index (χ0n) is 13.2. The van der Waals surface area contributed by atoms with Crippen molar-refractivity contribution in [3.8, 4) is 22.6 Å². The van der Waals surface area contributed by atoms with E-state index in [1.165, 1.54) is 0 Å². The van der Waals surface area contributed by atoms with Gasteiger partial charge in [0, 0.05) is 5.56 Å². The van der Waals surface area contributed by atoms with Gasteiger partial charge in [-0.25, -0.2) is 4.79 Å². The number of rotatable bonds is 5. The molecule has 0 bridgehead atoms. The second-order valence-electron chi connectivity index (χ2n) is 4.91. The summed E-state index contributed by atoms with van der Waals surface area (Å²) in [6.07, 6.45) is -9.72. The van der Waals surface area contributed by atoms with Gasteiger partial charge in [0.15, 0.2) is 5.75 Å². The summed E-state index contributed by atoms with van der Waals surface area (Å²) in [7, 11) is -4.92. The average molecular weight is 427 g/mol. The molecule has 0 aliphatic rings. The maximum atomic E-state index is 12.8. The van der Waals surface area contributed by atoms with Crippen LogP contribution < -0.4 is 9.47 Å². The lowest BCUT2D eigenvalue weighted by molar-refractivity contribution is -0.275. The Kier molecular flexibility index (Phi) is 5.71. The van der Waals surface area contributed by atoms with Crippen LogP contribution in [0.25, 0.3) is 11.1 Å². The van der Waals surface area contributed by atoms with Crippen LogP contribution in [0.3, 0.4) is 0 Å². The number of carbonyl (C=O) groups excluding carboxylic acids is 1. The van der Waals surface area contributed by atoms with E-state index in [9.17, 15) is 39.6 Å². The SMILES string of the molecule is O=C=NS(=O)(=O)c1cccc(-c2cccc(OC(F)(F)F)c2)c1OC(F)(F)F. The molecule has 150 valence electrons. The number of halogens is 6. The predicted molar refractivity (Wildman–Crippen MR) is 80.6 cm³/mol. The molecule has 0 spiro atoms. The highest BCUT2D eigenvalue weighted by Crippen LogP contribution is 2.40. The van der Waals surface area contributed by atoms with Crippen LogP contribution in [-0.4, -0.2) is 27.2 Å². The maximum Gasteiger partial charge on any atom is 0.573 e. The number of para-hydroxylation sites is 1. The first kappa shape index (κ1) is 21.3. The lowest BCUT2D eigenvalue weighted by atomic mass is 10.0. The van der Waals surface area contributed by atoms with Crippen LogP contribution in [0.1, 0.15) is 0 Å². The van der Waals surface area contributed by atoms with Crippen LogP contribution in [0.4, 0.5) is 26.3 Å². The molecule has 0 aliphatic heterocycles. The summed E-state index contributed by atoms with van der Waals surface area (Å²) in [4.78, 5) is 9.13. The molecule has 0 unspecified atom stereocenters. The molecule has 2 aromatic carbocycles. The fourth-order valence-corrected chi connectivity index (χ4v) is 2.96. The van der Waals surface area contributed by atoms with E-state index in [1.54, 1.807) is 0 Å². The minimum atomic E-state index is -5.36. The normalized spacial score (nSPS) is 12.2. The number of ether oxygens (including phenoxy) is 2. The van der Waals surface area contributed by atoms with Crippen molar-refractivity contribution in [3.63, 3.8) is 0 Å². The predicted octanol–water partition coefficient (Wildman–Crippen LogP) is 4.18. The summed E-state index contributed by atoms with van der Waals surface area (Å²) in [6, 6.07) is 6.39. The number of nitrogens with zero attached hydrogens (tertiary/aromatic N) is 1. The first-order chi connectivity index (χ1) is 12.8. The standard InChI is InChI=1S/C15H7F6NO5S/c16-14(17,18)26-10-4-1-3-9(7-10)11-5-2-6-12(28(24,25)22-8-23)13(11)27-15(19,20)21/h1-7H. The minimum Gasteiger partial charge on any atom is -0.406 e. The molecule has 0 amide bonds. The van der Waals surface area contributed by atoms with E-state index in [1.807, 2.05) is 0 Å². The molecule has 0 atom stereocenters. The molecule has 13 heteroatoms. The largest absolute Gasteiger partial charge is 0.573 e. The van der Waals surface area contributed by atoms with Crippen molar-refractivity contribution in [1.82, 2.24) is 0 Å². The second kappa shape index (κ2) is 7.52. The Labute approximate surface area is 153 Å². The fraction of sp³-hybridized carbons (Fsp3) is 0.133. The van der Waals surface area contributed by atoms with Crippen LogP contribution in [0.15, 0.2) is 51.8 Å². The van der Waals surface area contributed by atoms with Gasteiger partial charge in [0.05, 0.1) is 0 Å². The van der Waals surface area contributed by atoms with E-state index in [0.29, 0.717) is 12.1 Å². The Morgan fingerprint density at radius 3 is 2.07 bits per heavy atom. The van der Waals surface area contributed by atoms with E-state index in [4.69, 9.17) is 0 Å². The highest BCUT2D eigenvalue weighted by molar-refractivity contribution is 7.90. The molecule has 0 heterocycles. The zero-order valence-corrected chi connectivity index (χ0v) is 14.0. The molecule has 0 aliphatic carbocycles. The summed E-state index contributed by atoms with van der Waals surface area (Å²) in [5.41, 5.74) is -0.819. The van der Waals surface area contributed by atoms with E-state index in [-0.39, 0.29) is 5.56 Å². The Balaban J connectivity index is 2.71. The van der Waals surface area contributed by atoms with Gasteiger partial charge in [-0.3, -0.25) is 0 Å². The summed E-state index contributed by atoms with van der Waals surface area (Å²) >= 11 is 0. The molecule has 0 saturated heterocycles. The first-order valence-corrected chi connectivity index (χ1v) is 8.35. The van der Waals surface area contributed by atoms with Gasteiger partial charge in [-0.15, -0.1) is 26.3 Å². The van der Waals surface area contributed by atoms with E-state index >= 15 is 0 Å². The zero-order chi connectivity index (χ0) is 21.2. The molecular formula is C15H7F6NO5S. The molecule has 0 fully saturated rings. The Bertz CT molecular complexity index is 1030. The van der Waals surface area contributed by atoms with Crippen molar-refractivity contribution in [1.29, 1.82) is 0 Å². The maximum absolute atomic E-state index is 12.8. The summed E-state index contributed by atoms with van der Waals surface area (Å²) < 4.78 is 109. The van der Waals surface area contributed by atoms with Crippen molar-refractivity contribution in [2.24, 2.45) is 4.40 Å². The average Bonchev–Trinajstić information content (AvgIpc) is 2.52. The van der Waals surface area contributed by atoms with Crippen molar-refractivity contribution in [2.45, 2.75) is 17.6 Å². The Hall–Kier alpha value is -3.05. The topological polar surface area (TPSA) is 82.0 Å². The molecule has 28 heavy (non-hydrogen) atoms. The Morgan fingerprint density at radius 1 is 0.893 bits per heavy atom. The van der Waals surface area contributed by atoms with Crippen molar-refractivity contribution >= 4 is 16.1 Å². The number of hydrogen-bond acceptors (Lipinski definition) is 5. The van der Waals surface area contributed by atoms with E-state index < -0.39 is 44.7 Å². The van der Waals surface area contributed by atoms with Crippen LogP contribution in [-0.2, 0) is 14.8 Å². The molecule has 0 aromatic heterocycles. The van der Waals surface area contributed by atoms with Crippen LogP contribution in [0.2, 0.25) is 0 Å². The second-order valence-corrected chi connectivity index (χ2v) is 6.49. The van der Waals surface area contributed by atoms with Gasteiger partial charge in [-0.1, -0.05) is 28.7 Å². The highest BCUT2D eigenvalue weighted by Gasteiger charge is 2.36. The molecular weight excluding hydrogens is 420 g/mol. The number of benzene rings is 2. The van der Waals surface area contributed by atoms with Crippen molar-refractivity contribution in [2.75, 3.05) is 0 Å². The highest BCUT2D eigenvalue weighted by atomic mass is 32.2. The third kappa shape index (κ3) is 5.47. The van der Waals surface area contributed by atoms with Gasteiger partial charge in [-0.2, -0.15) is 8.42 Å². The summed E-state index contributed by atoms with van der Waals surface area (Å²) in [5, 5.41) is 0. The van der Waals surface area contributed by atoms with Gasteiger partial charge in [-0.05, 0) is 23.8 Å². The molecule has 6 nitrogen and oxygen atoms in total. The molecule has 0 N–H and O–H groups in total. The van der Waals surface area contributed by atoms with Gasteiger partial charge < -0.3 is 9.47 Å². The Morgan fingerprint density at radius 2 is 1.50 bits per heavy atom. The molecule has 2 aromatic rings. The van der Waals surface area contributed by atoms with E-state index in [0.717, 1.165) is 36.4 Å². The third-order valence-corrected chi connectivity index (χ3v) is 4.20. The quantitative estimate of drug-likeness (QED) is 0.406. The molecule has 0 saturated carbocycles. The fourth-order valence-electron chi connectivity index (χ4n) is 2.13. The van der Waals surface area contributed by atoms with E-state index in [2.05, 4.69) is 13.9 Å². The summed E-state index contributed by atoms with van der Waals surface area (Å²) in [6.45, 7) is 0. The third-order valence-electron chi connectivity index (χ3n) is 3.01. The van der Waals surface area contributed by atoms with Gasteiger partial charge in [0.2, 0.25) is 0 Å². The lowest BCUT2D eigenvalue weighted by Gasteiger charge is -2.17. The van der Waals surface area contributed by atoms with Crippen molar-refractivity contribution in [3.05, 3.63) is 42.5 Å². The van der Waals surface area contributed by atoms with Gasteiger partial charge in [0.25, 0.3) is 16.1 Å². The van der Waals surface area contributed by atoms with Gasteiger partial charge >= 0.3 is 12.7 Å². The summed E-state index contributed by atoms with van der Waals surface area (Å²) in [5.74, 6) is -2.04. The number of alkyl halides is 6. The van der Waals surface area contributed by atoms with Crippen LogP contribution in [0, 0.1) is 0 Å².